The number of carbonyl (C=O) groups is 2. The van der Waals surface area contributed by atoms with Crippen LogP contribution in [0.4, 0.5) is 11.6 Å². The molecule has 7 heteroatoms. The molecule has 0 aliphatic carbocycles. The third-order valence-corrected chi connectivity index (χ3v) is 5.79. The molecule has 2 heterocycles. The third-order valence-electron chi connectivity index (χ3n) is 5.61. The molecule has 1 aromatic carbocycles. The Morgan fingerprint density at radius 1 is 1.17 bits per heavy atom. The van der Waals surface area contributed by atoms with E-state index in [-0.39, 0.29) is 24.2 Å². The Bertz CT molecular complexity index is 892. The van der Waals surface area contributed by atoms with Crippen molar-refractivity contribution in [3.05, 3.63) is 30.4 Å². The zero-order valence-electron chi connectivity index (χ0n) is 17.6. The first-order valence-corrected chi connectivity index (χ1v) is 11.4. The topological polar surface area (TPSA) is 78.1 Å². The van der Waals surface area contributed by atoms with Crippen LogP contribution < -0.4 is 9.74 Å². The van der Waals surface area contributed by atoms with Crippen molar-refractivity contribution in [3.63, 3.8) is 0 Å². The number of hydrogen-bond donors (Lipinski definition) is 2. The van der Waals surface area contributed by atoms with E-state index in [1.54, 1.807) is 18.2 Å². The highest BCUT2D eigenvalue weighted by atomic mass is 35.5. The molecule has 1 atom stereocenters. The molecule has 6 nitrogen and oxygen atoms in total. The summed E-state index contributed by atoms with van der Waals surface area (Å²) in [7, 11) is 0. The molecule has 162 valence electrons. The van der Waals surface area contributed by atoms with E-state index in [4.69, 9.17) is 11.8 Å². The number of carbonyl (C=O) groups excluding carboxylic acids is 2. The van der Waals surface area contributed by atoms with E-state index >= 15 is 0 Å². The standard InChI is InChI=1S/C23H31ClN4O2/c1-2-3-4-5-6-7-8-9-10-11-12-17-15-21(29)28(22(17)30)18-13-14-19-20(16-18)26-23(25-19)27-24/h10-11,13-14,16-17H,2-9,12,15H2,1H3,(H2,25,26,27)/b11-10+. The Kier molecular flexibility index (Phi) is 8.31. The van der Waals surface area contributed by atoms with Gasteiger partial charge >= 0.3 is 0 Å². The van der Waals surface area contributed by atoms with Gasteiger partial charge < -0.3 is 4.98 Å². The van der Waals surface area contributed by atoms with Gasteiger partial charge in [-0.25, -0.2) is 4.98 Å². The van der Waals surface area contributed by atoms with Gasteiger partial charge in [-0.2, -0.15) is 0 Å². The molecule has 2 N–H and O–H groups in total. The van der Waals surface area contributed by atoms with Crippen LogP contribution in [0.25, 0.3) is 11.0 Å². The van der Waals surface area contributed by atoms with E-state index in [2.05, 4.69) is 33.9 Å². The van der Waals surface area contributed by atoms with Crippen molar-refractivity contribution in [2.75, 3.05) is 9.74 Å². The number of imide groups is 1. The van der Waals surface area contributed by atoms with Crippen LogP contribution in [0.2, 0.25) is 0 Å². The summed E-state index contributed by atoms with van der Waals surface area (Å²) in [6, 6.07) is 5.28. The second-order valence-corrected chi connectivity index (χ2v) is 8.16. The molecule has 1 aromatic heterocycles. The van der Waals surface area contributed by atoms with Gasteiger partial charge in [0.1, 0.15) is 0 Å². The molecule has 0 radical (unpaired) electrons. The fourth-order valence-corrected chi connectivity index (χ4v) is 4.02. The molecule has 1 unspecified atom stereocenters. The van der Waals surface area contributed by atoms with E-state index in [9.17, 15) is 9.59 Å². The normalized spacial score (nSPS) is 17.0. The second kappa shape index (κ2) is 11.2. The molecule has 1 saturated heterocycles. The van der Waals surface area contributed by atoms with Crippen LogP contribution in [0, 0.1) is 5.92 Å². The van der Waals surface area contributed by atoms with Gasteiger partial charge in [0.25, 0.3) is 0 Å². The van der Waals surface area contributed by atoms with Crippen LogP contribution >= 0.6 is 11.8 Å². The van der Waals surface area contributed by atoms with Crippen molar-refractivity contribution in [1.29, 1.82) is 0 Å². The molecule has 30 heavy (non-hydrogen) atoms. The Balaban J connectivity index is 1.48. The third kappa shape index (κ3) is 5.63. The Hall–Kier alpha value is -2.34. The highest BCUT2D eigenvalue weighted by Gasteiger charge is 2.38. The van der Waals surface area contributed by atoms with Crippen molar-refractivity contribution in [1.82, 2.24) is 9.97 Å². The second-order valence-electron chi connectivity index (χ2n) is 7.97. The first-order valence-electron chi connectivity index (χ1n) is 11.0. The van der Waals surface area contributed by atoms with Gasteiger partial charge in [-0.15, -0.1) is 0 Å². The summed E-state index contributed by atoms with van der Waals surface area (Å²) in [5.74, 6) is -0.137. The van der Waals surface area contributed by atoms with Gasteiger partial charge in [-0.3, -0.25) is 19.3 Å². The molecule has 1 aliphatic rings. The maximum Gasteiger partial charge on any atom is 0.237 e. The summed E-state index contributed by atoms with van der Waals surface area (Å²) in [4.78, 5) is 36.3. The Morgan fingerprint density at radius 2 is 1.93 bits per heavy atom. The number of aromatic nitrogens is 2. The van der Waals surface area contributed by atoms with E-state index in [1.807, 2.05) is 0 Å². The number of hydrogen-bond acceptors (Lipinski definition) is 4. The Morgan fingerprint density at radius 3 is 2.70 bits per heavy atom. The minimum Gasteiger partial charge on any atom is -0.323 e. The first-order chi connectivity index (χ1) is 14.6. The molecule has 1 aliphatic heterocycles. The number of rotatable bonds is 12. The van der Waals surface area contributed by atoms with Crippen LogP contribution in [0.15, 0.2) is 30.4 Å². The number of nitrogens with zero attached hydrogens (tertiary/aromatic N) is 2. The summed E-state index contributed by atoms with van der Waals surface area (Å²) in [5.41, 5.74) is 2.00. The minimum absolute atomic E-state index is 0.130. The monoisotopic (exact) mass is 430 g/mol. The lowest BCUT2D eigenvalue weighted by Crippen LogP contribution is -2.30. The molecule has 0 bridgehead atoms. The summed E-state index contributed by atoms with van der Waals surface area (Å²) < 4.78 is 0. The largest absolute Gasteiger partial charge is 0.323 e. The highest BCUT2D eigenvalue weighted by Crippen LogP contribution is 2.30. The summed E-state index contributed by atoms with van der Waals surface area (Å²) in [6.45, 7) is 2.24. The number of halogens is 1. The molecular weight excluding hydrogens is 400 g/mol. The van der Waals surface area contributed by atoms with Crippen LogP contribution in [0.1, 0.15) is 71.1 Å². The van der Waals surface area contributed by atoms with Crippen LogP contribution in [-0.4, -0.2) is 21.8 Å². The van der Waals surface area contributed by atoms with Crippen molar-refractivity contribution in [2.24, 2.45) is 5.92 Å². The predicted molar refractivity (Wildman–Crippen MR) is 123 cm³/mol. The molecule has 0 spiro atoms. The van der Waals surface area contributed by atoms with Gasteiger partial charge in [0, 0.05) is 18.2 Å². The SMILES string of the molecule is CCCCCCCCC/C=C/CC1CC(=O)N(c2ccc3nc(NCl)[nH]c3c2)C1=O. The number of fused-ring (bicyclic) bond motifs is 1. The quantitative estimate of drug-likeness (QED) is 0.185. The maximum absolute atomic E-state index is 12.8. The van der Waals surface area contributed by atoms with Crippen molar-refractivity contribution in [3.8, 4) is 0 Å². The molecule has 3 rings (SSSR count). The summed E-state index contributed by atoms with van der Waals surface area (Å²) in [5, 5.41) is 0. The number of anilines is 2. The first kappa shape index (κ1) is 22.3. The average Bonchev–Trinajstić information content (AvgIpc) is 3.28. The highest BCUT2D eigenvalue weighted by molar-refractivity contribution is 6.23. The zero-order valence-corrected chi connectivity index (χ0v) is 18.4. The van der Waals surface area contributed by atoms with Crippen LogP contribution in [0.3, 0.4) is 0 Å². The molecule has 0 saturated carbocycles. The number of amides is 2. The van der Waals surface area contributed by atoms with E-state index in [1.165, 1.54) is 49.8 Å². The fraction of sp³-hybridized carbons (Fsp3) is 0.522. The van der Waals surface area contributed by atoms with E-state index in [0.29, 0.717) is 29.1 Å². The smallest absolute Gasteiger partial charge is 0.237 e. The van der Waals surface area contributed by atoms with Gasteiger partial charge in [0.2, 0.25) is 17.8 Å². The number of H-pyrrole nitrogens is 1. The van der Waals surface area contributed by atoms with Crippen molar-refractivity contribution in [2.45, 2.75) is 71.1 Å². The zero-order chi connectivity index (χ0) is 21.3. The molecule has 2 aromatic rings. The lowest BCUT2D eigenvalue weighted by atomic mass is 10.0. The fourth-order valence-electron chi connectivity index (χ4n) is 3.93. The Labute approximate surface area is 183 Å². The van der Waals surface area contributed by atoms with E-state index in [0.717, 1.165) is 6.42 Å². The number of imidazole rings is 1. The number of allylic oxidation sites excluding steroid dienone is 2. The average molecular weight is 431 g/mol. The lowest BCUT2D eigenvalue weighted by molar-refractivity contribution is -0.122. The lowest BCUT2D eigenvalue weighted by Gasteiger charge is -2.14. The van der Waals surface area contributed by atoms with Gasteiger partial charge in [0.05, 0.1) is 22.6 Å². The number of nitrogens with one attached hydrogen (secondary N) is 2. The molecular formula is C23H31ClN4O2. The number of unbranched alkanes of at least 4 members (excludes halogenated alkanes) is 7. The molecule has 1 fully saturated rings. The number of aromatic amines is 1. The summed E-state index contributed by atoms with van der Waals surface area (Å²) >= 11 is 5.58. The van der Waals surface area contributed by atoms with Gasteiger partial charge in [-0.1, -0.05) is 57.6 Å². The number of benzene rings is 1. The van der Waals surface area contributed by atoms with Crippen LogP contribution in [-0.2, 0) is 9.59 Å². The molecule has 2 amide bonds. The maximum atomic E-state index is 12.8. The van der Waals surface area contributed by atoms with E-state index < -0.39 is 0 Å². The van der Waals surface area contributed by atoms with Gasteiger partial charge in [0.15, 0.2) is 0 Å². The van der Waals surface area contributed by atoms with Gasteiger partial charge in [-0.05, 0) is 37.5 Å². The predicted octanol–water partition coefficient (Wildman–Crippen LogP) is 6.10. The minimum atomic E-state index is -0.277. The van der Waals surface area contributed by atoms with Crippen molar-refractivity contribution >= 4 is 46.3 Å². The van der Waals surface area contributed by atoms with Crippen LogP contribution in [0.5, 0.6) is 0 Å². The van der Waals surface area contributed by atoms with Crippen molar-refractivity contribution < 1.29 is 9.59 Å². The summed E-state index contributed by atoms with van der Waals surface area (Å²) in [6.07, 6.45) is 15.2.